The molecular weight excluding hydrogens is 693 g/mol. The van der Waals surface area contributed by atoms with E-state index in [0.717, 1.165) is 90.3 Å². The highest BCUT2D eigenvalue weighted by Gasteiger charge is 2.14. The summed E-state index contributed by atoms with van der Waals surface area (Å²) < 4.78 is 0. The summed E-state index contributed by atoms with van der Waals surface area (Å²) >= 11 is 0. The first-order valence-electron chi connectivity index (χ1n) is 18.2. The van der Waals surface area contributed by atoms with Crippen molar-refractivity contribution in [3.05, 3.63) is 171 Å². The number of nitrogens with zero attached hydrogens (tertiary/aromatic N) is 6. The van der Waals surface area contributed by atoms with Crippen molar-refractivity contribution in [2.24, 2.45) is 0 Å². The average molecular weight is 725 g/mol. The number of aromatic amines is 4. The van der Waals surface area contributed by atoms with Gasteiger partial charge in [-0.05, 0) is 29.3 Å². The Bertz CT molecular complexity index is 2700. The predicted octanol–water partition coefficient (Wildman–Crippen LogP) is 10.4. The molecule has 10 nitrogen and oxygen atoms in total. The van der Waals surface area contributed by atoms with Gasteiger partial charge in [-0.1, -0.05) is 115 Å². The molecule has 0 atom stereocenters. The molecule has 0 unspecified atom stereocenters. The van der Waals surface area contributed by atoms with Gasteiger partial charge in [-0.2, -0.15) is 0 Å². The summed E-state index contributed by atoms with van der Waals surface area (Å²) in [4.78, 5) is 41.9. The molecule has 0 aliphatic heterocycles. The Morgan fingerprint density at radius 1 is 0.268 bits per heavy atom. The maximum atomic E-state index is 4.90. The molecule has 10 heteroatoms. The standard InChI is InChI=1S/C46H32N10/c1-3-8-31(9-4-1)39-25-50-45(55-39)37-12-7-13-38(52-37)46-51-26-40(56-46)32-18-14-29(15-19-32)30-16-20-34(21-17-30)44-49-28-42(54-44)36-22-35(23-47-24-36)41-27-48-43(53-41)33-10-5-2-6-11-33/h1-28H,(H,48,53)(H,49,54)(H,50,55)(H,51,56). The van der Waals surface area contributed by atoms with Crippen LogP contribution >= 0.6 is 0 Å². The van der Waals surface area contributed by atoms with Crippen molar-refractivity contribution in [1.29, 1.82) is 0 Å². The molecule has 10 aromatic rings. The van der Waals surface area contributed by atoms with Crippen molar-refractivity contribution in [1.82, 2.24) is 49.8 Å². The molecule has 4 aromatic carbocycles. The fourth-order valence-corrected chi connectivity index (χ4v) is 6.71. The van der Waals surface area contributed by atoms with E-state index >= 15 is 0 Å². The molecule has 0 fully saturated rings. The van der Waals surface area contributed by atoms with Crippen LogP contribution in [0.5, 0.6) is 0 Å². The van der Waals surface area contributed by atoms with E-state index in [-0.39, 0.29) is 0 Å². The molecule has 6 aromatic heterocycles. The van der Waals surface area contributed by atoms with Gasteiger partial charge in [0.2, 0.25) is 0 Å². The van der Waals surface area contributed by atoms with Crippen LogP contribution in [-0.2, 0) is 0 Å². The molecular formula is C46H32N10. The minimum atomic E-state index is 0.691. The summed E-state index contributed by atoms with van der Waals surface area (Å²) in [6.07, 6.45) is 11.3. The molecule has 0 aliphatic carbocycles. The average Bonchev–Trinajstić information content (AvgIpc) is 4.13. The Labute approximate surface area is 321 Å². The van der Waals surface area contributed by atoms with Crippen molar-refractivity contribution >= 4 is 0 Å². The second kappa shape index (κ2) is 14.1. The molecule has 6 heterocycles. The van der Waals surface area contributed by atoms with E-state index in [9.17, 15) is 0 Å². The van der Waals surface area contributed by atoms with Gasteiger partial charge in [-0.15, -0.1) is 0 Å². The first-order chi connectivity index (χ1) is 27.7. The lowest BCUT2D eigenvalue weighted by Crippen LogP contribution is -1.91. The molecule has 0 saturated heterocycles. The van der Waals surface area contributed by atoms with Gasteiger partial charge < -0.3 is 19.9 Å². The Morgan fingerprint density at radius 2 is 0.643 bits per heavy atom. The molecule has 0 radical (unpaired) electrons. The van der Waals surface area contributed by atoms with Crippen LogP contribution in [0.1, 0.15) is 0 Å². The Kier molecular flexibility index (Phi) is 8.23. The van der Waals surface area contributed by atoms with Gasteiger partial charge in [0.15, 0.2) is 11.6 Å². The number of benzene rings is 4. The molecule has 10 rings (SSSR count). The van der Waals surface area contributed by atoms with Crippen molar-refractivity contribution in [2.45, 2.75) is 0 Å². The lowest BCUT2D eigenvalue weighted by atomic mass is 10.0. The third-order valence-electron chi connectivity index (χ3n) is 9.66. The SMILES string of the molecule is c1ccc(-c2c[nH]c(-c3cccc(-c4nc(-c5ccc(-c6ccc(-c7nc(-c8cncc(-c9c[nH]c(-c%10ccccc%10)n9)c8)c[nH]7)cc6)cc5)c[nH]4)n3)n2)cc1. The zero-order chi connectivity index (χ0) is 37.3. The summed E-state index contributed by atoms with van der Waals surface area (Å²) in [6, 6.07) is 44.9. The number of pyridine rings is 2. The molecule has 0 bridgehead atoms. The maximum absolute atomic E-state index is 4.90. The molecule has 56 heavy (non-hydrogen) atoms. The van der Waals surface area contributed by atoms with Crippen molar-refractivity contribution in [3.8, 4) is 102 Å². The van der Waals surface area contributed by atoms with Crippen LogP contribution in [0, 0.1) is 0 Å². The van der Waals surface area contributed by atoms with Gasteiger partial charge in [-0.25, -0.2) is 24.9 Å². The highest BCUT2D eigenvalue weighted by atomic mass is 15.0. The Hall–Kier alpha value is -7.98. The Balaban J connectivity index is 0.816. The minimum Gasteiger partial charge on any atom is -0.344 e. The third-order valence-corrected chi connectivity index (χ3v) is 9.66. The Morgan fingerprint density at radius 3 is 1.16 bits per heavy atom. The van der Waals surface area contributed by atoms with Gasteiger partial charge in [0.25, 0.3) is 0 Å². The van der Waals surface area contributed by atoms with Crippen LogP contribution in [0.25, 0.3) is 102 Å². The van der Waals surface area contributed by atoms with Crippen LogP contribution in [0.15, 0.2) is 171 Å². The first kappa shape index (κ1) is 32.7. The zero-order valence-electron chi connectivity index (χ0n) is 29.8. The number of aromatic nitrogens is 10. The van der Waals surface area contributed by atoms with E-state index < -0.39 is 0 Å². The van der Waals surface area contributed by atoms with Crippen molar-refractivity contribution in [3.63, 3.8) is 0 Å². The summed E-state index contributed by atoms with van der Waals surface area (Å²) in [5.74, 6) is 3.00. The predicted molar refractivity (Wildman–Crippen MR) is 220 cm³/mol. The minimum absolute atomic E-state index is 0.691. The second-order valence-corrected chi connectivity index (χ2v) is 13.3. The van der Waals surface area contributed by atoms with Crippen molar-refractivity contribution < 1.29 is 0 Å². The highest BCUT2D eigenvalue weighted by molar-refractivity contribution is 5.74. The normalized spacial score (nSPS) is 11.2. The van der Waals surface area contributed by atoms with E-state index in [1.165, 1.54) is 0 Å². The fourth-order valence-electron chi connectivity index (χ4n) is 6.71. The van der Waals surface area contributed by atoms with Crippen LogP contribution in [0.2, 0.25) is 0 Å². The number of rotatable bonds is 9. The van der Waals surface area contributed by atoms with Crippen molar-refractivity contribution in [2.75, 3.05) is 0 Å². The third kappa shape index (κ3) is 6.48. The van der Waals surface area contributed by atoms with E-state index in [2.05, 4.69) is 79.5 Å². The van der Waals surface area contributed by atoms with Crippen LogP contribution < -0.4 is 0 Å². The topological polar surface area (TPSA) is 140 Å². The van der Waals surface area contributed by atoms with Gasteiger partial charge in [0.1, 0.15) is 23.0 Å². The molecule has 0 amide bonds. The first-order valence-corrected chi connectivity index (χ1v) is 18.2. The number of H-pyrrole nitrogens is 4. The maximum Gasteiger partial charge on any atom is 0.156 e. The largest absolute Gasteiger partial charge is 0.344 e. The number of hydrogen-bond donors (Lipinski definition) is 4. The van der Waals surface area contributed by atoms with E-state index in [0.29, 0.717) is 11.6 Å². The lowest BCUT2D eigenvalue weighted by Gasteiger charge is -2.05. The molecule has 0 aliphatic rings. The van der Waals surface area contributed by atoms with Gasteiger partial charge in [0.05, 0.1) is 22.8 Å². The summed E-state index contributed by atoms with van der Waals surface area (Å²) in [6.45, 7) is 0. The molecule has 0 saturated carbocycles. The lowest BCUT2D eigenvalue weighted by molar-refractivity contribution is 1.19. The van der Waals surface area contributed by atoms with E-state index in [4.69, 9.17) is 24.9 Å². The number of imidazole rings is 4. The summed E-state index contributed by atoms with van der Waals surface area (Å²) in [7, 11) is 0. The smallest absolute Gasteiger partial charge is 0.156 e. The van der Waals surface area contributed by atoms with Gasteiger partial charge in [0, 0.05) is 70.6 Å². The monoisotopic (exact) mass is 724 g/mol. The highest BCUT2D eigenvalue weighted by Crippen LogP contribution is 2.30. The molecule has 0 spiro atoms. The van der Waals surface area contributed by atoms with Crippen LogP contribution in [-0.4, -0.2) is 49.8 Å². The van der Waals surface area contributed by atoms with E-state index in [1.54, 1.807) is 0 Å². The van der Waals surface area contributed by atoms with Gasteiger partial charge in [-0.3, -0.25) is 4.98 Å². The number of nitrogens with one attached hydrogen (secondary N) is 4. The van der Waals surface area contributed by atoms with E-state index in [1.807, 2.05) is 116 Å². The zero-order valence-corrected chi connectivity index (χ0v) is 29.8. The fraction of sp³-hybridized carbons (Fsp3) is 0. The van der Waals surface area contributed by atoms with Gasteiger partial charge >= 0.3 is 0 Å². The molecule has 4 N–H and O–H groups in total. The summed E-state index contributed by atoms with van der Waals surface area (Å²) in [5, 5.41) is 0. The molecule has 266 valence electrons. The van der Waals surface area contributed by atoms with Crippen LogP contribution in [0.4, 0.5) is 0 Å². The second-order valence-electron chi connectivity index (χ2n) is 13.3. The quantitative estimate of drug-likeness (QED) is 0.117. The summed E-state index contributed by atoms with van der Waals surface area (Å²) in [5.41, 5.74) is 13.0. The number of hydrogen-bond acceptors (Lipinski definition) is 6. The van der Waals surface area contributed by atoms with Crippen LogP contribution in [0.3, 0.4) is 0 Å².